The predicted molar refractivity (Wildman–Crippen MR) is 122 cm³/mol. The lowest BCUT2D eigenvalue weighted by molar-refractivity contribution is -0.137. The molecule has 3 aliphatic rings. The number of benzene rings is 1. The number of sulfone groups is 1. The van der Waals surface area contributed by atoms with E-state index in [0.29, 0.717) is 64.2 Å². The molecule has 2 amide bonds. The second-order valence-corrected chi connectivity index (χ2v) is 12.1. The molecule has 0 spiro atoms. The van der Waals surface area contributed by atoms with Crippen LogP contribution in [-0.2, 0) is 20.8 Å². The van der Waals surface area contributed by atoms with Gasteiger partial charge in [0.05, 0.1) is 29.8 Å². The van der Waals surface area contributed by atoms with Crippen molar-refractivity contribution in [3.8, 4) is 0 Å². The molecule has 2 aliphatic heterocycles. The van der Waals surface area contributed by atoms with Gasteiger partial charge in [0.15, 0.2) is 9.84 Å². The van der Waals surface area contributed by atoms with Gasteiger partial charge in [-0.25, -0.2) is 13.2 Å². The number of halogens is 3. The van der Waals surface area contributed by atoms with Crippen molar-refractivity contribution >= 4 is 15.9 Å². The molecule has 2 heterocycles. The van der Waals surface area contributed by atoms with E-state index in [1.54, 1.807) is 9.80 Å². The number of alkyl halides is 3. The monoisotopic (exact) mass is 502 g/mol. The largest absolute Gasteiger partial charge is 0.416 e. The number of carbonyl (C=O) groups is 1. The molecule has 0 aromatic heterocycles. The fraction of sp³-hybridized carbons (Fsp3) is 0.708. The molecule has 1 saturated carbocycles. The maximum atomic E-state index is 13.2. The van der Waals surface area contributed by atoms with Gasteiger partial charge in [-0.05, 0) is 42.9 Å². The molecule has 1 aliphatic carbocycles. The Morgan fingerprint density at radius 1 is 0.971 bits per heavy atom. The molecule has 190 valence electrons. The van der Waals surface area contributed by atoms with E-state index in [4.69, 9.17) is 4.74 Å². The molecular weight excluding hydrogens is 469 g/mol. The average molecular weight is 503 g/mol. The van der Waals surface area contributed by atoms with Crippen molar-refractivity contribution in [1.82, 2.24) is 9.80 Å². The van der Waals surface area contributed by atoms with Crippen molar-refractivity contribution in [1.29, 1.82) is 0 Å². The summed E-state index contributed by atoms with van der Waals surface area (Å²) < 4.78 is 70.8. The molecule has 1 aromatic rings. The topological polar surface area (TPSA) is 66.9 Å². The van der Waals surface area contributed by atoms with Gasteiger partial charge in [-0.15, -0.1) is 0 Å². The summed E-state index contributed by atoms with van der Waals surface area (Å²) in [6.07, 6.45) is 0.397. The van der Waals surface area contributed by atoms with Crippen LogP contribution in [0.3, 0.4) is 0 Å². The van der Waals surface area contributed by atoms with Gasteiger partial charge in [-0.1, -0.05) is 31.4 Å². The summed E-state index contributed by atoms with van der Waals surface area (Å²) in [4.78, 5) is 16.6. The van der Waals surface area contributed by atoms with Crippen molar-refractivity contribution in [2.45, 2.75) is 55.9 Å². The van der Waals surface area contributed by atoms with Crippen LogP contribution in [0.15, 0.2) is 24.3 Å². The number of ether oxygens (including phenoxy) is 1. The molecule has 2 unspecified atom stereocenters. The SMILES string of the molecule is O=C(N1CCOCC1)N1CC(CS(=O)(=O)C2CCCCC2)CC(c2ccc(C(F)(F)F)cc2)C1. The summed E-state index contributed by atoms with van der Waals surface area (Å²) in [5, 5.41) is -0.323. The van der Waals surface area contributed by atoms with E-state index < -0.39 is 21.6 Å². The lowest BCUT2D eigenvalue weighted by Crippen LogP contribution is -2.53. The average Bonchev–Trinajstić information content (AvgIpc) is 2.84. The number of hydrogen-bond donors (Lipinski definition) is 0. The molecule has 10 heteroatoms. The van der Waals surface area contributed by atoms with Crippen LogP contribution in [0.25, 0.3) is 0 Å². The molecular formula is C24H33F3N2O4S. The molecule has 2 atom stereocenters. The van der Waals surface area contributed by atoms with Crippen molar-refractivity contribution in [2.75, 3.05) is 45.1 Å². The van der Waals surface area contributed by atoms with Gasteiger partial charge < -0.3 is 14.5 Å². The summed E-state index contributed by atoms with van der Waals surface area (Å²) in [6.45, 7) is 2.58. The van der Waals surface area contributed by atoms with E-state index in [9.17, 15) is 26.4 Å². The quantitative estimate of drug-likeness (QED) is 0.616. The van der Waals surface area contributed by atoms with E-state index in [1.807, 2.05) is 0 Å². The normalized spacial score (nSPS) is 25.4. The first-order valence-corrected chi connectivity index (χ1v) is 13.9. The number of rotatable bonds is 4. The van der Waals surface area contributed by atoms with Crippen molar-refractivity contribution in [3.05, 3.63) is 35.4 Å². The van der Waals surface area contributed by atoms with Gasteiger partial charge in [0.2, 0.25) is 0 Å². The molecule has 6 nitrogen and oxygen atoms in total. The summed E-state index contributed by atoms with van der Waals surface area (Å²) >= 11 is 0. The molecule has 3 fully saturated rings. The van der Waals surface area contributed by atoms with Crippen LogP contribution < -0.4 is 0 Å². The van der Waals surface area contributed by atoms with Gasteiger partial charge >= 0.3 is 12.2 Å². The highest BCUT2D eigenvalue weighted by Crippen LogP contribution is 2.36. The Kier molecular flexibility index (Phi) is 7.76. The Hall–Kier alpha value is -1.81. The Labute approximate surface area is 199 Å². The Bertz CT molecular complexity index is 940. The minimum Gasteiger partial charge on any atom is -0.378 e. The van der Waals surface area contributed by atoms with E-state index in [1.165, 1.54) is 12.1 Å². The fourth-order valence-electron chi connectivity index (χ4n) is 5.51. The number of morpholine rings is 1. The second kappa shape index (κ2) is 10.4. The highest BCUT2D eigenvalue weighted by Gasteiger charge is 2.38. The Balaban J connectivity index is 1.53. The van der Waals surface area contributed by atoms with Crippen LogP contribution in [0, 0.1) is 5.92 Å². The first kappa shape index (κ1) is 25.3. The van der Waals surface area contributed by atoms with Gasteiger partial charge in [-0.2, -0.15) is 13.2 Å². The van der Waals surface area contributed by atoms with Crippen LogP contribution in [0.4, 0.5) is 18.0 Å². The van der Waals surface area contributed by atoms with Crippen LogP contribution in [0.1, 0.15) is 55.6 Å². The zero-order valence-electron chi connectivity index (χ0n) is 19.3. The van der Waals surface area contributed by atoms with E-state index >= 15 is 0 Å². The maximum absolute atomic E-state index is 13.2. The third kappa shape index (κ3) is 6.05. The van der Waals surface area contributed by atoms with Gasteiger partial charge in [0.25, 0.3) is 0 Å². The first-order valence-electron chi connectivity index (χ1n) is 12.1. The van der Waals surface area contributed by atoms with Crippen LogP contribution in [0.5, 0.6) is 0 Å². The molecule has 34 heavy (non-hydrogen) atoms. The zero-order valence-corrected chi connectivity index (χ0v) is 20.1. The number of amides is 2. The number of urea groups is 1. The minimum atomic E-state index is -4.42. The van der Waals surface area contributed by atoms with Gasteiger partial charge in [0.1, 0.15) is 0 Å². The third-order valence-corrected chi connectivity index (χ3v) is 9.75. The van der Waals surface area contributed by atoms with E-state index in [-0.39, 0.29) is 28.9 Å². The zero-order chi connectivity index (χ0) is 24.3. The van der Waals surface area contributed by atoms with Gasteiger partial charge in [0, 0.05) is 32.1 Å². The number of piperidine rings is 1. The third-order valence-electron chi connectivity index (χ3n) is 7.33. The van der Waals surface area contributed by atoms with E-state index in [0.717, 1.165) is 31.4 Å². The Morgan fingerprint density at radius 2 is 1.62 bits per heavy atom. The second-order valence-electron chi connectivity index (χ2n) is 9.79. The smallest absolute Gasteiger partial charge is 0.378 e. The molecule has 2 saturated heterocycles. The van der Waals surface area contributed by atoms with Crippen LogP contribution in [0.2, 0.25) is 0 Å². The molecule has 1 aromatic carbocycles. The summed E-state index contributed by atoms with van der Waals surface area (Å²) in [5.41, 5.74) is -0.0164. The van der Waals surface area contributed by atoms with Gasteiger partial charge in [-0.3, -0.25) is 0 Å². The number of hydrogen-bond acceptors (Lipinski definition) is 4. The maximum Gasteiger partial charge on any atom is 0.416 e. The lowest BCUT2D eigenvalue weighted by Gasteiger charge is -2.41. The van der Waals surface area contributed by atoms with Crippen molar-refractivity contribution in [3.63, 3.8) is 0 Å². The lowest BCUT2D eigenvalue weighted by atomic mass is 9.85. The standard InChI is InChI=1S/C24H33F3N2O4S/c25-24(26,27)21-8-6-19(7-9-21)20-14-18(17-34(31,32)22-4-2-1-3-5-22)15-29(16-20)23(30)28-10-12-33-13-11-28/h6-9,18,20,22H,1-5,10-17H2. The summed E-state index contributed by atoms with van der Waals surface area (Å²) in [6, 6.07) is 4.89. The number of nitrogens with zero attached hydrogens (tertiary/aromatic N) is 2. The van der Waals surface area contributed by atoms with Crippen molar-refractivity contribution < 1.29 is 31.1 Å². The van der Waals surface area contributed by atoms with Crippen LogP contribution in [-0.4, -0.2) is 74.6 Å². The summed E-state index contributed by atoms with van der Waals surface area (Å²) in [5.74, 6) is -0.452. The highest BCUT2D eigenvalue weighted by atomic mass is 32.2. The minimum absolute atomic E-state index is 0.0156. The highest BCUT2D eigenvalue weighted by molar-refractivity contribution is 7.92. The Morgan fingerprint density at radius 3 is 2.24 bits per heavy atom. The number of carbonyl (C=O) groups excluding carboxylic acids is 1. The van der Waals surface area contributed by atoms with Crippen molar-refractivity contribution in [2.24, 2.45) is 5.92 Å². The van der Waals surface area contributed by atoms with E-state index in [2.05, 4.69) is 0 Å². The molecule has 0 N–H and O–H groups in total. The molecule has 0 bridgehead atoms. The molecule has 4 rings (SSSR count). The molecule has 0 radical (unpaired) electrons. The predicted octanol–water partition coefficient (Wildman–Crippen LogP) is 4.31. The van der Waals surface area contributed by atoms with Crippen LogP contribution >= 0.6 is 0 Å². The summed E-state index contributed by atoms with van der Waals surface area (Å²) in [7, 11) is -3.31. The fourth-order valence-corrected chi connectivity index (χ4v) is 7.73. The number of likely N-dealkylation sites (tertiary alicyclic amines) is 1. The first-order chi connectivity index (χ1) is 16.1.